The number of unbranched alkanes of at least 4 members (excludes halogenated alkanes) is 2. The van der Waals surface area contributed by atoms with Crippen molar-refractivity contribution in [2.45, 2.75) is 58.4 Å². The predicted molar refractivity (Wildman–Crippen MR) is 159 cm³/mol. The summed E-state index contributed by atoms with van der Waals surface area (Å²) in [4.78, 5) is 41.3. The van der Waals surface area contributed by atoms with Crippen molar-refractivity contribution in [3.05, 3.63) is 84.1 Å². The highest BCUT2D eigenvalue weighted by molar-refractivity contribution is 5.98. The van der Waals surface area contributed by atoms with E-state index in [4.69, 9.17) is 4.74 Å². The van der Waals surface area contributed by atoms with Crippen molar-refractivity contribution in [2.75, 3.05) is 12.4 Å². The highest BCUT2D eigenvalue weighted by atomic mass is 16.5. The van der Waals surface area contributed by atoms with Gasteiger partial charge in [0.15, 0.2) is 0 Å². The van der Waals surface area contributed by atoms with Crippen LogP contribution in [0, 0.1) is 6.92 Å². The molecule has 0 unspecified atom stereocenters. The number of fused-ring (bicyclic) bond motifs is 1. The van der Waals surface area contributed by atoms with Gasteiger partial charge in [0.05, 0.1) is 13.5 Å². The minimum atomic E-state index is -0.703. The smallest absolute Gasteiger partial charge is 0.246 e. The van der Waals surface area contributed by atoms with Crippen LogP contribution in [0.4, 0.5) is 5.69 Å². The molecule has 7 nitrogen and oxygen atoms in total. The van der Waals surface area contributed by atoms with Crippen molar-refractivity contribution in [2.24, 2.45) is 0 Å². The summed E-state index contributed by atoms with van der Waals surface area (Å²) in [6, 6.07) is 22.7. The summed E-state index contributed by atoms with van der Waals surface area (Å²) < 4.78 is 5.37. The second kappa shape index (κ2) is 13.6. The molecule has 0 radical (unpaired) electrons. The Hall–Kier alpha value is -4.39. The number of H-pyrrole nitrogens is 1. The first-order valence-corrected chi connectivity index (χ1v) is 13.7. The Balaban J connectivity index is 1.48. The number of nitrogens with one attached hydrogen (secondary N) is 3. The van der Waals surface area contributed by atoms with Gasteiger partial charge in [-0.3, -0.25) is 9.59 Å². The molecule has 0 saturated carbocycles. The lowest BCUT2D eigenvalue weighted by Gasteiger charge is -2.19. The number of anilines is 1. The Bertz CT molecular complexity index is 1480. The van der Waals surface area contributed by atoms with Gasteiger partial charge in [0, 0.05) is 28.7 Å². The van der Waals surface area contributed by atoms with Crippen molar-refractivity contribution in [1.82, 2.24) is 10.3 Å². The summed E-state index contributed by atoms with van der Waals surface area (Å²) in [7, 11) is 1.61. The molecule has 0 fully saturated rings. The molecule has 7 heteroatoms. The summed E-state index contributed by atoms with van der Waals surface area (Å²) in [5.74, 6) is 0.386. The number of rotatable bonds is 13. The lowest BCUT2D eigenvalue weighted by molar-refractivity contribution is -0.126. The average molecular weight is 540 g/mol. The number of aryl methyl sites for hydroxylation is 1. The molecule has 2 amide bonds. The van der Waals surface area contributed by atoms with Crippen LogP contribution in [0.3, 0.4) is 0 Å². The monoisotopic (exact) mass is 539 g/mol. The number of aromatic nitrogens is 1. The van der Waals surface area contributed by atoms with Crippen molar-refractivity contribution in [1.29, 1.82) is 0 Å². The van der Waals surface area contributed by atoms with E-state index in [0.717, 1.165) is 52.5 Å². The second-order valence-electron chi connectivity index (χ2n) is 10.2. The van der Waals surface area contributed by atoms with Crippen molar-refractivity contribution in [3.8, 4) is 16.9 Å². The van der Waals surface area contributed by atoms with Crippen LogP contribution < -0.4 is 15.4 Å². The molecule has 0 bridgehead atoms. The van der Waals surface area contributed by atoms with Crippen molar-refractivity contribution >= 4 is 34.2 Å². The van der Waals surface area contributed by atoms with Crippen LogP contribution in [-0.2, 0) is 20.8 Å². The van der Waals surface area contributed by atoms with Gasteiger partial charge in [-0.25, -0.2) is 0 Å². The molecule has 0 saturated heterocycles. The fraction of sp³-hybridized carbons (Fsp3) is 0.303. The zero-order valence-electron chi connectivity index (χ0n) is 23.4. The topological polar surface area (TPSA) is 100 Å². The molecule has 4 aromatic rings. The van der Waals surface area contributed by atoms with E-state index in [-0.39, 0.29) is 24.0 Å². The number of ether oxygens (including phenoxy) is 1. The molecule has 40 heavy (non-hydrogen) atoms. The third-order valence-electron chi connectivity index (χ3n) is 7.07. The number of carbonyl (C=O) groups is 3. The van der Waals surface area contributed by atoms with Gasteiger partial charge in [0.2, 0.25) is 11.8 Å². The standard InChI is InChI=1S/C33H37N3O4/c1-22(37)11-6-4-9-16-31(33(39)35-26-15-10-14-25(19-26)24-12-7-5-8-13-24)36-32(38)21-28-23(2)34-30-18-17-27(40-3)20-29(28)30/h5,7-8,10,12-15,17-20,31,34H,4,6,9,11,16,21H2,1-3H3,(H,35,39)(H,36,38)/t31-/m0/s1. The fourth-order valence-corrected chi connectivity index (χ4v) is 4.93. The number of hydrogen-bond donors (Lipinski definition) is 3. The molecule has 3 aromatic carbocycles. The molecule has 0 aliphatic carbocycles. The lowest BCUT2D eigenvalue weighted by Crippen LogP contribution is -2.44. The van der Waals surface area contributed by atoms with E-state index >= 15 is 0 Å². The van der Waals surface area contributed by atoms with E-state index in [1.165, 1.54) is 0 Å². The highest BCUT2D eigenvalue weighted by Crippen LogP contribution is 2.27. The molecule has 1 heterocycles. The molecular weight excluding hydrogens is 502 g/mol. The van der Waals surface area contributed by atoms with Crippen LogP contribution in [0.5, 0.6) is 5.75 Å². The van der Waals surface area contributed by atoms with Gasteiger partial charge >= 0.3 is 0 Å². The lowest BCUT2D eigenvalue weighted by atomic mass is 10.0. The predicted octanol–water partition coefficient (Wildman–Crippen LogP) is 6.36. The van der Waals surface area contributed by atoms with Crippen LogP contribution in [0.2, 0.25) is 0 Å². The summed E-state index contributed by atoms with van der Waals surface area (Å²) in [6.07, 6.45) is 3.44. The van der Waals surface area contributed by atoms with E-state index in [2.05, 4.69) is 15.6 Å². The number of hydrogen-bond acceptors (Lipinski definition) is 4. The van der Waals surface area contributed by atoms with Gasteiger partial charge in [-0.1, -0.05) is 55.3 Å². The third kappa shape index (κ3) is 7.59. The van der Waals surface area contributed by atoms with E-state index in [1.807, 2.05) is 79.7 Å². The number of ketones is 1. The summed E-state index contributed by atoms with van der Waals surface area (Å²) in [5.41, 5.74) is 5.43. The normalized spacial score (nSPS) is 11.7. The molecule has 0 aliphatic heterocycles. The second-order valence-corrected chi connectivity index (χ2v) is 10.2. The van der Waals surface area contributed by atoms with Gasteiger partial charge in [-0.15, -0.1) is 0 Å². The summed E-state index contributed by atoms with van der Waals surface area (Å²) in [5, 5.41) is 6.91. The average Bonchev–Trinajstić information content (AvgIpc) is 3.26. The largest absolute Gasteiger partial charge is 0.497 e. The van der Waals surface area contributed by atoms with Gasteiger partial charge in [-0.05, 0) is 73.7 Å². The fourth-order valence-electron chi connectivity index (χ4n) is 4.93. The summed E-state index contributed by atoms with van der Waals surface area (Å²) >= 11 is 0. The minimum Gasteiger partial charge on any atom is -0.497 e. The molecule has 4 rings (SSSR count). The molecule has 1 atom stereocenters. The SMILES string of the molecule is COc1ccc2[nH]c(C)c(CC(=O)N[C@@H](CCCCCC(C)=O)C(=O)Nc3cccc(-c4ccccc4)c3)c2c1. The van der Waals surface area contributed by atoms with Crippen molar-refractivity contribution < 1.29 is 19.1 Å². The Kier molecular flexibility index (Phi) is 9.73. The molecular formula is C33H37N3O4. The van der Waals surface area contributed by atoms with Crippen LogP contribution >= 0.6 is 0 Å². The van der Waals surface area contributed by atoms with E-state index in [1.54, 1.807) is 14.0 Å². The Morgan fingerprint density at radius 1 is 0.900 bits per heavy atom. The van der Waals surface area contributed by atoms with Crippen LogP contribution in [0.15, 0.2) is 72.8 Å². The zero-order valence-corrected chi connectivity index (χ0v) is 23.4. The van der Waals surface area contributed by atoms with Gasteiger partial charge in [-0.2, -0.15) is 0 Å². The third-order valence-corrected chi connectivity index (χ3v) is 7.07. The number of Topliss-reactive ketones (excluding diaryl/α,β-unsaturated/α-hetero) is 1. The first kappa shape index (κ1) is 28.6. The Morgan fingerprint density at radius 2 is 1.68 bits per heavy atom. The summed E-state index contributed by atoms with van der Waals surface area (Å²) in [6.45, 7) is 3.52. The molecule has 1 aromatic heterocycles. The first-order valence-electron chi connectivity index (χ1n) is 13.7. The van der Waals surface area contributed by atoms with E-state index < -0.39 is 6.04 Å². The molecule has 208 valence electrons. The van der Waals surface area contributed by atoms with Gasteiger partial charge in [0.25, 0.3) is 0 Å². The van der Waals surface area contributed by atoms with Crippen LogP contribution in [-0.4, -0.2) is 35.7 Å². The van der Waals surface area contributed by atoms with E-state index in [0.29, 0.717) is 24.3 Å². The number of aromatic amines is 1. The van der Waals surface area contributed by atoms with E-state index in [9.17, 15) is 14.4 Å². The molecule has 0 spiro atoms. The first-order chi connectivity index (χ1) is 19.3. The van der Waals surface area contributed by atoms with Crippen LogP contribution in [0.1, 0.15) is 50.3 Å². The number of amides is 2. The minimum absolute atomic E-state index is 0.136. The number of methoxy groups -OCH3 is 1. The van der Waals surface area contributed by atoms with Gasteiger partial charge < -0.3 is 25.1 Å². The Labute approximate surface area is 235 Å². The maximum absolute atomic E-state index is 13.4. The number of carbonyl (C=O) groups excluding carboxylic acids is 3. The maximum atomic E-state index is 13.4. The zero-order chi connectivity index (χ0) is 28.5. The Morgan fingerprint density at radius 3 is 2.42 bits per heavy atom. The molecule has 0 aliphatic rings. The van der Waals surface area contributed by atoms with Crippen LogP contribution in [0.25, 0.3) is 22.0 Å². The molecule has 3 N–H and O–H groups in total. The maximum Gasteiger partial charge on any atom is 0.246 e. The van der Waals surface area contributed by atoms with Gasteiger partial charge in [0.1, 0.15) is 17.6 Å². The highest BCUT2D eigenvalue weighted by Gasteiger charge is 2.22. The number of benzene rings is 3. The van der Waals surface area contributed by atoms with Crippen molar-refractivity contribution in [3.63, 3.8) is 0 Å². The quantitative estimate of drug-likeness (QED) is 0.172.